The van der Waals surface area contributed by atoms with Crippen LogP contribution in [0.15, 0.2) is 18.2 Å². The molecular formula is C13H14O3. The molecule has 3 heteroatoms. The van der Waals surface area contributed by atoms with Crippen molar-refractivity contribution in [2.45, 2.75) is 13.8 Å². The van der Waals surface area contributed by atoms with Gasteiger partial charge in [-0.2, -0.15) is 0 Å². The van der Waals surface area contributed by atoms with E-state index in [1.54, 1.807) is 25.1 Å². The van der Waals surface area contributed by atoms with E-state index in [4.69, 9.17) is 9.47 Å². The number of ketones is 1. The largest absolute Gasteiger partial charge is 0.496 e. The number of hydrogen-bond acceptors (Lipinski definition) is 3. The molecule has 0 unspecified atom stereocenters. The number of benzene rings is 1. The maximum atomic E-state index is 11.3. The van der Waals surface area contributed by atoms with Gasteiger partial charge >= 0.3 is 0 Å². The number of carbonyl (C=O) groups excluding carboxylic acids is 1. The standard InChI is InChI=1S/C13H14O3/c1-4-5-8-16-11-6-7-13(15-3)12(9-11)10(2)14/h6-7,9H,8H2,1-3H3. The van der Waals surface area contributed by atoms with Gasteiger partial charge in [-0.05, 0) is 32.0 Å². The van der Waals surface area contributed by atoms with E-state index in [0.29, 0.717) is 23.7 Å². The Morgan fingerprint density at radius 1 is 1.44 bits per heavy atom. The lowest BCUT2D eigenvalue weighted by molar-refractivity contribution is 0.101. The minimum absolute atomic E-state index is 0.0520. The third kappa shape index (κ3) is 3.03. The van der Waals surface area contributed by atoms with Gasteiger partial charge in [0.25, 0.3) is 0 Å². The van der Waals surface area contributed by atoms with Gasteiger partial charge < -0.3 is 9.47 Å². The summed E-state index contributed by atoms with van der Waals surface area (Å²) in [5.41, 5.74) is 0.518. The first kappa shape index (κ1) is 12.1. The van der Waals surface area contributed by atoms with E-state index in [2.05, 4.69) is 11.8 Å². The zero-order valence-electron chi connectivity index (χ0n) is 9.66. The van der Waals surface area contributed by atoms with E-state index in [1.165, 1.54) is 14.0 Å². The molecule has 3 nitrogen and oxygen atoms in total. The zero-order valence-corrected chi connectivity index (χ0v) is 9.66. The highest BCUT2D eigenvalue weighted by atomic mass is 16.5. The minimum atomic E-state index is -0.0520. The summed E-state index contributed by atoms with van der Waals surface area (Å²) in [6.07, 6.45) is 0. The molecule has 0 radical (unpaired) electrons. The van der Waals surface area contributed by atoms with Crippen molar-refractivity contribution >= 4 is 5.78 Å². The van der Waals surface area contributed by atoms with Crippen molar-refractivity contribution in [3.05, 3.63) is 23.8 Å². The number of carbonyl (C=O) groups is 1. The second-order valence-corrected chi connectivity index (χ2v) is 3.13. The second-order valence-electron chi connectivity index (χ2n) is 3.13. The first-order valence-corrected chi connectivity index (χ1v) is 4.90. The molecule has 84 valence electrons. The maximum Gasteiger partial charge on any atom is 0.163 e. The molecule has 0 bridgehead atoms. The van der Waals surface area contributed by atoms with Crippen LogP contribution >= 0.6 is 0 Å². The summed E-state index contributed by atoms with van der Waals surface area (Å²) in [6, 6.07) is 5.13. The predicted molar refractivity (Wildman–Crippen MR) is 61.9 cm³/mol. The van der Waals surface area contributed by atoms with E-state index in [0.717, 1.165) is 0 Å². The molecule has 0 aliphatic rings. The molecule has 0 saturated heterocycles. The summed E-state index contributed by atoms with van der Waals surface area (Å²) in [4.78, 5) is 11.3. The average Bonchev–Trinajstić information content (AvgIpc) is 2.29. The highest BCUT2D eigenvalue weighted by molar-refractivity contribution is 5.97. The molecule has 0 saturated carbocycles. The Kier molecular flexibility index (Phi) is 4.41. The fraction of sp³-hybridized carbons (Fsp3) is 0.308. The van der Waals surface area contributed by atoms with Crippen molar-refractivity contribution in [1.82, 2.24) is 0 Å². The Morgan fingerprint density at radius 2 is 2.19 bits per heavy atom. The number of Topliss-reactive ketones (excluding diaryl/α,β-unsaturated/α-hetero) is 1. The molecule has 0 heterocycles. The van der Waals surface area contributed by atoms with E-state index in [-0.39, 0.29) is 5.78 Å². The molecule has 1 aromatic carbocycles. The lowest BCUT2D eigenvalue weighted by atomic mass is 10.1. The van der Waals surface area contributed by atoms with Crippen molar-refractivity contribution in [2.75, 3.05) is 13.7 Å². The fourth-order valence-electron chi connectivity index (χ4n) is 1.24. The number of hydrogen-bond donors (Lipinski definition) is 0. The highest BCUT2D eigenvalue weighted by Gasteiger charge is 2.09. The minimum Gasteiger partial charge on any atom is -0.496 e. The van der Waals surface area contributed by atoms with Crippen LogP contribution in [0.2, 0.25) is 0 Å². The van der Waals surface area contributed by atoms with Gasteiger partial charge in [-0.15, -0.1) is 5.92 Å². The Balaban J connectivity index is 2.91. The topological polar surface area (TPSA) is 35.5 Å². The van der Waals surface area contributed by atoms with E-state index in [9.17, 15) is 4.79 Å². The summed E-state index contributed by atoms with van der Waals surface area (Å²) in [5, 5.41) is 0. The second kappa shape index (κ2) is 5.82. The SMILES string of the molecule is CC#CCOc1ccc(OC)c(C(C)=O)c1. The number of rotatable bonds is 4. The van der Waals surface area contributed by atoms with Gasteiger partial charge in [-0.3, -0.25) is 4.79 Å². The van der Waals surface area contributed by atoms with Crippen LogP contribution in [0.1, 0.15) is 24.2 Å². The van der Waals surface area contributed by atoms with E-state index >= 15 is 0 Å². The molecule has 0 aliphatic carbocycles. The Morgan fingerprint density at radius 3 is 2.75 bits per heavy atom. The van der Waals surface area contributed by atoms with E-state index in [1.807, 2.05) is 0 Å². The molecule has 0 atom stereocenters. The van der Waals surface area contributed by atoms with Crippen molar-refractivity contribution < 1.29 is 14.3 Å². The molecule has 0 spiro atoms. The van der Waals surface area contributed by atoms with Gasteiger partial charge in [0.1, 0.15) is 18.1 Å². The third-order valence-electron chi connectivity index (χ3n) is 2.04. The predicted octanol–water partition coefficient (Wildman–Crippen LogP) is 2.30. The van der Waals surface area contributed by atoms with Crippen LogP contribution in [0.3, 0.4) is 0 Å². The van der Waals surface area contributed by atoms with Crippen LogP contribution in [-0.4, -0.2) is 19.5 Å². The molecule has 0 aromatic heterocycles. The molecule has 0 N–H and O–H groups in total. The van der Waals surface area contributed by atoms with Crippen LogP contribution < -0.4 is 9.47 Å². The number of methoxy groups -OCH3 is 1. The van der Waals surface area contributed by atoms with Gasteiger partial charge in [-0.25, -0.2) is 0 Å². The summed E-state index contributed by atoms with van der Waals surface area (Å²) < 4.78 is 10.4. The van der Waals surface area contributed by atoms with Crippen molar-refractivity contribution in [3.8, 4) is 23.3 Å². The molecule has 1 rings (SSSR count). The molecule has 0 amide bonds. The first-order chi connectivity index (χ1) is 7.69. The molecule has 0 fully saturated rings. The molecular weight excluding hydrogens is 204 g/mol. The highest BCUT2D eigenvalue weighted by Crippen LogP contribution is 2.24. The number of ether oxygens (including phenoxy) is 2. The summed E-state index contributed by atoms with van der Waals surface area (Å²) in [5.74, 6) is 6.64. The average molecular weight is 218 g/mol. The van der Waals surface area contributed by atoms with Crippen LogP contribution in [-0.2, 0) is 0 Å². The zero-order chi connectivity index (χ0) is 12.0. The summed E-state index contributed by atoms with van der Waals surface area (Å²) in [7, 11) is 1.53. The van der Waals surface area contributed by atoms with Gasteiger partial charge in [0.05, 0.1) is 12.7 Å². The van der Waals surface area contributed by atoms with Crippen molar-refractivity contribution in [1.29, 1.82) is 0 Å². The van der Waals surface area contributed by atoms with Gasteiger partial charge in [-0.1, -0.05) is 5.92 Å². The van der Waals surface area contributed by atoms with Gasteiger partial charge in [0.2, 0.25) is 0 Å². The Labute approximate surface area is 95.4 Å². The monoisotopic (exact) mass is 218 g/mol. The van der Waals surface area contributed by atoms with Crippen LogP contribution in [0.4, 0.5) is 0 Å². The van der Waals surface area contributed by atoms with Crippen molar-refractivity contribution in [2.24, 2.45) is 0 Å². The Bertz CT molecular complexity index is 438. The molecule has 16 heavy (non-hydrogen) atoms. The fourth-order valence-corrected chi connectivity index (χ4v) is 1.24. The first-order valence-electron chi connectivity index (χ1n) is 4.90. The van der Waals surface area contributed by atoms with Crippen LogP contribution in [0.5, 0.6) is 11.5 Å². The van der Waals surface area contributed by atoms with Gasteiger partial charge in [0.15, 0.2) is 5.78 Å². The lowest BCUT2D eigenvalue weighted by Gasteiger charge is -2.08. The molecule has 0 aliphatic heterocycles. The summed E-state index contributed by atoms with van der Waals surface area (Å²) >= 11 is 0. The van der Waals surface area contributed by atoms with Crippen LogP contribution in [0.25, 0.3) is 0 Å². The van der Waals surface area contributed by atoms with Crippen LogP contribution in [0, 0.1) is 11.8 Å². The maximum absolute atomic E-state index is 11.3. The lowest BCUT2D eigenvalue weighted by Crippen LogP contribution is -2.00. The van der Waals surface area contributed by atoms with Crippen molar-refractivity contribution in [3.63, 3.8) is 0 Å². The van der Waals surface area contributed by atoms with E-state index < -0.39 is 0 Å². The smallest absolute Gasteiger partial charge is 0.163 e. The third-order valence-corrected chi connectivity index (χ3v) is 2.04. The Hall–Kier alpha value is -1.95. The quantitative estimate of drug-likeness (QED) is 0.574. The summed E-state index contributed by atoms with van der Waals surface area (Å²) in [6.45, 7) is 3.56. The molecule has 1 aromatic rings. The van der Waals surface area contributed by atoms with Gasteiger partial charge in [0, 0.05) is 0 Å². The normalized spacial score (nSPS) is 8.94.